The molecule has 0 saturated heterocycles. The van der Waals surface area contributed by atoms with Crippen molar-refractivity contribution >= 4 is 17.5 Å². The van der Waals surface area contributed by atoms with Crippen molar-refractivity contribution < 1.29 is 22.8 Å². The predicted octanol–water partition coefficient (Wildman–Crippen LogP) is 3.61. The molecule has 2 rings (SSSR count). The van der Waals surface area contributed by atoms with Crippen LogP contribution in [0.25, 0.3) is 0 Å². The molecule has 0 saturated carbocycles. The largest absolute Gasteiger partial charge is 0.405 e. The monoisotopic (exact) mass is 407 g/mol. The average molecular weight is 407 g/mol. The molecule has 0 atom stereocenters. The number of carbonyl (C=O) groups excluding carboxylic acids is 2. The van der Waals surface area contributed by atoms with Gasteiger partial charge in [-0.25, -0.2) is 0 Å². The molecule has 0 aliphatic rings. The van der Waals surface area contributed by atoms with E-state index in [9.17, 15) is 22.8 Å². The zero-order valence-electron chi connectivity index (χ0n) is 16.3. The van der Waals surface area contributed by atoms with Gasteiger partial charge in [-0.05, 0) is 48.9 Å². The van der Waals surface area contributed by atoms with Crippen LogP contribution in [0.5, 0.6) is 0 Å². The lowest BCUT2D eigenvalue weighted by Gasteiger charge is -2.17. The number of hydrogen-bond acceptors (Lipinski definition) is 3. The van der Waals surface area contributed by atoms with Gasteiger partial charge in [-0.1, -0.05) is 31.2 Å². The molecule has 0 aromatic heterocycles. The van der Waals surface area contributed by atoms with Crippen molar-refractivity contribution in [3.63, 3.8) is 0 Å². The second-order valence-corrected chi connectivity index (χ2v) is 6.77. The molecule has 2 aromatic rings. The van der Waals surface area contributed by atoms with Crippen molar-refractivity contribution in [2.75, 3.05) is 25.5 Å². The van der Waals surface area contributed by atoms with Gasteiger partial charge in [-0.15, -0.1) is 0 Å². The molecule has 0 spiro atoms. The molecular formula is C21H24F3N3O2. The van der Waals surface area contributed by atoms with E-state index in [1.54, 1.807) is 24.1 Å². The molecule has 0 radical (unpaired) electrons. The van der Waals surface area contributed by atoms with Gasteiger partial charge in [0.15, 0.2) is 0 Å². The number of alkyl halides is 3. The molecule has 0 aliphatic heterocycles. The Morgan fingerprint density at radius 2 is 1.72 bits per heavy atom. The third kappa shape index (κ3) is 7.95. The van der Waals surface area contributed by atoms with Crippen LogP contribution in [0.1, 0.15) is 28.4 Å². The second-order valence-electron chi connectivity index (χ2n) is 6.77. The summed E-state index contributed by atoms with van der Waals surface area (Å²) in [6.07, 6.45) is -3.56. The fourth-order valence-corrected chi connectivity index (χ4v) is 2.73. The topological polar surface area (TPSA) is 61.4 Å². The quantitative estimate of drug-likeness (QED) is 0.703. The van der Waals surface area contributed by atoms with Crippen molar-refractivity contribution in [3.05, 3.63) is 65.2 Å². The van der Waals surface area contributed by atoms with E-state index in [2.05, 4.69) is 5.32 Å². The highest BCUT2D eigenvalue weighted by molar-refractivity contribution is 5.94. The van der Waals surface area contributed by atoms with E-state index in [1.165, 1.54) is 12.1 Å². The molecule has 0 bridgehead atoms. The molecule has 156 valence electrons. The van der Waals surface area contributed by atoms with E-state index in [-0.39, 0.29) is 18.0 Å². The van der Waals surface area contributed by atoms with E-state index in [1.807, 2.05) is 36.5 Å². The summed E-state index contributed by atoms with van der Waals surface area (Å²) in [5, 5.41) is 4.69. The van der Waals surface area contributed by atoms with E-state index in [0.29, 0.717) is 6.54 Å². The van der Waals surface area contributed by atoms with Crippen LogP contribution in [-0.2, 0) is 17.8 Å². The minimum atomic E-state index is -4.45. The van der Waals surface area contributed by atoms with Crippen molar-refractivity contribution in [1.29, 1.82) is 0 Å². The highest BCUT2D eigenvalue weighted by Crippen LogP contribution is 2.14. The Morgan fingerprint density at radius 1 is 1.03 bits per heavy atom. The standard InChI is InChI=1S/C21H24F3N3O2/c1-3-15-5-4-6-18(11-15)26-19(28)13-27(2)12-16-7-9-17(10-8-16)20(29)25-14-21(22,23)24/h4-11H,3,12-14H2,1-2H3,(H,25,29)(H,26,28). The van der Waals surface area contributed by atoms with Gasteiger partial charge in [-0.2, -0.15) is 13.2 Å². The van der Waals surface area contributed by atoms with Crippen LogP contribution in [0.4, 0.5) is 18.9 Å². The number of rotatable bonds is 8. The number of amides is 2. The highest BCUT2D eigenvalue weighted by atomic mass is 19.4. The van der Waals surface area contributed by atoms with Crippen LogP contribution in [0.3, 0.4) is 0 Å². The average Bonchev–Trinajstić information content (AvgIpc) is 2.66. The zero-order chi connectivity index (χ0) is 21.4. The lowest BCUT2D eigenvalue weighted by Crippen LogP contribution is -2.33. The molecule has 5 nitrogen and oxygen atoms in total. The van der Waals surface area contributed by atoms with Gasteiger partial charge in [0.1, 0.15) is 6.54 Å². The second kappa shape index (κ2) is 10.1. The Balaban J connectivity index is 1.84. The first-order valence-electron chi connectivity index (χ1n) is 9.17. The van der Waals surface area contributed by atoms with Crippen molar-refractivity contribution in [1.82, 2.24) is 10.2 Å². The summed E-state index contributed by atoms with van der Waals surface area (Å²) in [5.74, 6) is -0.931. The normalized spacial score (nSPS) is 11.4. The summed E-state index contributed by atoms with van der Waals surface area (Å²) >= 11 is 0. The maximum atomic E-state index is 12.2. The first-order valence-corrected chi connectivity index (χ1v) is 9.17. The Labute approximate surface area is 167 Å². The van der Waals surface area contributed by atoms with E-state index >= 15 is 0 Å². The van der Waals surface area contributed by atoms with E-state index in [0.717, 1.165) is 23.2 Å². The Bertz CT molecular complexity index is 836. The molecule has 29 heavy (non-hydrogen) atoms. The summed E-state index contributed by atoms with van der Waals surface area (Å²) < 4.78 is 36.5. The van der Waals surface area contributed by atoms with Crippen molar-refractivity contribution in [2.24, 2.45) is 0 Å². The number of carbonyl (C=O) groups is 2. The SMILES string of the molecule is CCc1cccc(NC(=O)CN(C)Cc2ccc(C(=O)NCC(F)(F)F)cc2)c1. The fourth-order valence-electron chi connectivity index (χ4n) is 2.73. The summed E-state index contributed by atoms with van der Waals surface area (Å²) in [7, 11) is 1.78. The Morgan fingerprint density at radius 3 is 2.34 bits per heavy atom. The Hall–Kier alpha value is -2.87. The lowest BCUT2D eigenvalue weighted by atomic mass is 10.1. The van der Waals surface area contributed by atoms with Gasteiger partial charge in [0.2, 0.25) is 5.91 Å². The number of nitrogens with zero attached hydrogens (tertiary/aromatic N) is 1. The smallest absolute Gasteiger partial charge is 0.343 e. The predicted molar refractivity (Wildman–Crippen MR) is 106 cm³/mol. The molecule has 0 heterocycles. The van der Waals surface area contributed by atoms with Crippen LogP contribution in [0, 0.1) is 0 Å². The van der Waals surface area contributed by atoms with Gasteiger partial charge in [0.25, 0.3) is 5.91 Å². The molecular weight excluding hydrogens is 383 g/mol. The molecule has 2 amide bonds. The lowest BCUT2D eigenvalue weighted by molar-refractivity contribution is -0.123. The summed E-state index contributed by atoms with van der Waals surface area (Å²) in [6, 6.07) is 13.9. The molecule has 2 N–H and O–H groups in total. The van der Waals surface area contributed by atoms with Crippen LogP contribution in [0.2, 0.25) is 0 Å². The van der Waals surface area contributed by atoms with Crippen molar-refractivity contribution in [2.45, 2.75) is 26.1 Å². The number of aryl methyl sites for hydroxylation is 1. The highest BCUT2D eigenvalue weighted by Gasteiger charge is 2.27. The summed E-state index contributed by atoms with van der Waals surface area (Å²) in [4.78, 5) is 25.7. The first-order chi connectivity index (χ1) is 13.7. The molecule has 0 unspecified atom stereocenters. The maximum Gasteiger partial charge on any atom is 0.405 e. The van der Waals surface area contributed by atoms with Gasteiger partial charge in [-0.3, -0.25) is 14.5 Å². The van der Waals surface area contributed by atoms with E-state index in [4.69, 9.17) is 0 Å². The number of halogens is 3. The Kier molecular flexibility index (Phi) is 7.78. The van der Waals surface area contributed by atoms with Gasteiger partial charge < -0.3 is 10.6 Å². The van der Waals surface area contributed by atoms with Gasteiger partial charge in [0, 0.05) is 17.8 Å². The molecule has 0 fully saturated rings. The molecule has 0 aliphatic carbocycles. The number of likely N-dealkylation sites (N-methyl/N-ethyl adjacent to an activating group) is 1. The van der Waals surface area contributed by atoms with Crippen LogP contribution in [0.15, 0.2) is 48.5 Å². The fraction of sp³-hybridized carbons (Fsp3) is 0.333. The third-order valence-corrected chi connectivity index (χ3v) is 4.15. The summed E-state index contributed by atoms with van der Waals surface area (Å²) in [5.41, 5.74) is 2.86. The number of anilines is 1. The van der Waals surface area contributed by atoms with Crippen LogP contribution >= 0.6 is 0 Å². The minimum absolute atomic E-state index is 0.147. The molecule has 2 aromatic carbocycles. The number of benzene rings is 2. The van der Waals surface area contributed by atoms with Crippen LogP contribution in [-0.4, -0.2) is 43.0 Å². The zero-order valence-corrected chi connectivity index (χ0v) is 16.3. The summed E-state index contributed by atoms with van der Waals surface area (Å²) in [6.45, 7) is 1.30. The number of nitrogens with one attached hydrogen (secondary N) is 2. The third-order valence-electron chi connectivity index (χ3n) is 4.15. The van der Waals surface area contributed by atoms with Gasteiger partial charge in [0.05, 0.1) is 6.54 Å². The number of hydrogen-bond donors (Lipinski definition) is 2. The van der Waals surface area contributed by atoms with Crippen molar-refractivity contribution in [3.8, 4) is 0 Å². The van der Waals surface area contributed by atoms with Crippen LogP contribution < -0.4 is 10.6 Å². The minimum Gasteiger partial charge on any atom is -0.343 e. The first kappa shape index (κ1) is 22.4. The van der Waals surface area contributed by atoms with Gasteiger partial charge >= 0.3 is 6.18 Å². The molecule has 8 heteroatoms. The van der Waals surface area contributed by atoms with E-state index < -0.39 is 18.6 Å². The maximum absolute atomic E-state index is 12.2.